The van der Waals surface area contributed by atoms with Gasteiger partial charge in [-0.3, -0.25) is 4.79 Å². The second-order valence-corrected chi connectivity index (χ2v) is 4.65. The maximum atomic E-state index is 11.8. The molecule has 0 aliphatic carbocycles. The lowest BCUT2D eigenvalue weighted by Gasteiger charge is -2.06. The molecule has 1 amide bonds. The molecule has 4 nitrogen and oxygen atoms in total. The molecule has 0 unspecified atom stereocenters. The summed E-state index contributed by atoms with van der Waals surface area (Å²) in [6, 6.07) is 11.6. The molecule has 0 spiro atoms. The molecule has 0 aliphatic rings. The van der Waals surface area contributed by atoms with Crippen molar-refractivity contribution in [3.8, 4) is 5.88 Å². The highest BCUT2D eigenvalue weighted by Gasteiger charge is 2.03. The lowest BCUT2D eigenvalue weighted by atomic mass is 10.1. The van der Waals surface area contributed by atoms with Crippen molar-refractivity contribution in [3.05, 3.63) is 59.3 Å². The van der Waals surface area contributed by atoms with Crippen LogP contribution in [0, 0.1) is 6.92 Å². The minimum Gasteiger partial charge on any atom is -0.481 e. The minimum absolute atomic E-state index is 0.00433. The van der Waals surface area contributed by atoms with E-state index in [1.807, 2.05) is 37.3 Å². The van der Waals surface area contributed by atoms with Crippen LogP contribution in [0.4, 0.5) is 0 Å². The van der Waals surface area contributed by atoms with E-state index in [9.17, 15) is 4.79 Å². The number of amides is 1. The molecule has 1 N–H and O–H groups in total. The van der Waals surface area contributed by atoms with Crippen LogP contribution in [0.15, 0.2) is 42.6 Å². The van der Waals surface area contributed by atoms with Crippen LogP contribution < -0.4 is 10.1 Å². The Labute approximate surface area is 118 Å². The number of methoxy groups -OCH3 is 1. The van der Waals surface area contributed by atoms with Gasteiger partial charge in [-0.2, -0.15) is 0 Å². The lowest BCUT2D eigenvalue weighted by molar-refractivity contribution is -0.120. The SMILES string of the molecule is COc1ccc(CNC(=O)Cc2ccc(C)cc2)cn1. The van der Waals surface area contributed by atoms with Gasteiger partial charge in [0, 0.05) is 18.8 Å². The number of pyridine rings is 1. The average molecular weight is 270 g/mol. The van der Waals surface area contributed by atoms with Gasteiger partial charge in [0.25, 0.3) is 0 Å². The van der Waals surface area contributed by atoms with Crippen molar-refractivity contribution in [2.24, 2.45) is 0 Å². The van der Waals surface area contributed by atoms with E-state index in [0.29, 0.717) is 18.8 Å². The van der Waals surface area contributed by atoms with Gasteiger partial charge in [0.15, 0.2) is 0 Å². The molecular formula is C16H18N2O2. The van der Waals surface area contributed by atoms with Crippen LogP contribution in [0.1, 0.15) is 16.7 Å². The third-order valence-electron chi connectivity index (χ3n) is 2.98. The Hall–Kier alpha value is -2.36. The van der Waals surface area contributed by atoms with Crippen molar-refractivity contribution in [2.75, 3.05) is 7.11 Å². The number of hydrogen-bond donors (Lipinski definition) is 1. The number of hydrogen-bond acceptors (Lipinski definition) is 3. The summed E-state index contributed by atoms with van der Waals surface area (Å²) < 4.78 is 4.98. The lowest BCUT2D eigenvalue weighted by Crippen LogP contribution is -2.24. The number of benzene rings is 1. The molecule has 0 aliphatic heterocycles. The van der Waals surface area contributed by atoms with E-state index in [1.165, 1.54) is 5.56 Å². The van der Waals surface area contributed by atoms with Crippen LogP contribution >= 0.6 is 0 Å². The number of rotatable bonds is 5. The first-order chi connectivity index (χ1) is 9.67. The van der Waals surface area contributed by atoms with Crippen LogP contribution in [0.3, 0.4) is 0 Å². The van der Waals surface area contributed by atoms with Gasteiger partial charge in [-0.15, -0.1) is 0 Å². The summed E-state index contributed by atoms with van der Waals surface area (Å²) in [5.74, 6) is 0.574. The molecule has 1 heterocycles. The fraction of sp³-hybridized carbons (Fsp3) is 0.250. The topological polar surface area (TPSA) is 51.2 Å². The van der Waals surface area contributed by atoms with Crippen molar-refractivity contribution in [1.29, 1.82) is 0 Å². The zero-order valence-corrected chi connectivity index (χ0v) is 11.7. The van der Waals surface area contributed by atoms with E-state index in [0.717, 1.165) is 11.1 Å². The number of ether oxygens (including phenoxy) is 1. The Morgan fingerprint density at radius 3 is 2.45 bits per heavy atom. The van der Waals surface area contributed by atoms with Crippen LogP contribution in [-0.4, -0.2) is 18.0 Å². The van der Waals surface area contributed by atoms with Gasteiger partial charge in [-0.25, -0.2) is 4.98 Å². The summed E-state index contributed by atoms with van der Waals surface area (Å²) in [4.78, 5) is 15.9. The molecule has 2 rings (SSSR count). The molecule has 1 aromatic carbocycles. The molecule has 1 aromatic heterocycles. The molecular weight excluding hydrogens is 252 g/mol. The Balaban J connectivity index is 1.83. The predicted molar refractivity (Wildman–Crippen MR) is 77.5 cm³/mol. The van der Waals surface area contributed by atoms with Gasteiger partial charge in [-0.1, -0.05) is 35.9 Å². The van der Waals surface area contributed by atoms with Crippen molar-refractivity contribution in [2.45, 2.75) is 19.9 Å². The highest BCUT2D eigenvalue weighted by atomic mass is 16.5. The molecule has 0 atom stereocenters. The predicted octanol–water partition coefficient (Wildman–Crippen LogP) is 2.26. The first kappa shape index (κ1) is 14.1. The van der Waals surface area contributed by atoms with Gasteiger partial charge < -0.3 is 10.1 Å². The van der Waals surface area contributed by atoms with E-state index in [-0.39, 0.29) is 5.91 Å². The highest BCUT2D eigenvalue weighted by molar-refractivity contribution is 5.78. The molecule has 0 bridgehead atoms. The van der Waals surface area contributed by atoms with Gasteiger partial charge in [-0.05, 0) is 18.1 Å². The first-order valence-electron chi connectivity index (χ1n) is 6.48. The Kier molecular flexibility index (Phi) is 4.71. The van der Waals surface area contributed by atoms with Gasteiger partial charge in [0.1, 0.15) is 0 Å². The number of nitrogens with one attached hydrogen (secondary N) is 1. The van der Waals surface area contributed by atoms with Crippen LogP contribution in [0.2, 0.25) is 0 Å². The number of nitrogens with zero attached hydrogens (tertiary/aromatic N) is 1. The number of carbonyl (C=O) groups is 1. The molecule has 0 fully saturated rings. The summed E-state index contributed by atoms with van der Waals surface area (Å²) >= 11 is 0. The standard InChI is InChI=1S/C16H18N2O2/c1-12-3-5-13(6-4-12)9-15(19)17-10-14-7-8-16(20-2)18-11-14/h3-8,11H,9-10H2,1-2H3,(H,17,19). The molecule has 20 heavy (non-hydrogen) atoms. The molecule has 0 saturated heterocycles. The fourth-order valence-corrected chi connectivity index (χ4v) is 1.79. The van der Waals surface area contributed by atoms with E-state index in [1.54, 1.807) is 19.4 Å². The van der Waals surface area contributed by atoms with Gasteiger partial charge in [0.2, 0.25) is 11.8 Å². The molecule has 0 saturated carbocycles. The fourth-order valence-electron chi connectivity index (χ4n) is 1.79. The molecule has 4 heteroatoms. The quantitative estimate of drug-likeness (QED) is 0.906. The Morgan fingerprint density at radius 1 is 1.15 bits per heavy atom. The van der Waals surface area contributed by atoms with Crippen molar-refractivity contribution in [1.82, 2.24) is 10.3 Å². The zero-order valence-electron chi connectivity index (χ0n) is 11.7. The highest BCUT2D eigenvalue weighted by Crippen LogP contribution is 2.07. The second kappa shape index (κ2) is 6.70. The summed E-state index contributed by atoms with van der Waals surface area (Å²) in [7, 11) is 1.57. The summed E-state index contributed by atoms with van der Waals surface area (Å²) in [6.45, 7) is 2.50. The Morgan fingerprint density at radius 2 is 1.85 bits per heavy atom. The number of carbonyl (C=O) groups excluding carboxylic acids is 1. The van der Waals surface area contributed by atoms with Gasteiger partial charge >= 0.3 is 0 Å². The minimum atomic E-state index is 0.00433. The summed E-state index contributed by atoms with van der Waals surface area (Å²) in [6.07, 6.45) is 2.09. The largest absolute Gasteiger partial charge is 0.481 e. The van der Waals surface area contributed by atoms with Crippen molar-refractivity contribution < 1.29 is 9.53 Å². The monoisotopic (exact) mass is 270 g/mol. The maximum Gasteiger partial charge on any atom is 0.224 e. The summed E-state index contributed by atoms with van der Waals surface area (Å²) in [5, 5.41) is 2.88. The maximum absolute atomic E-state index is 11.8. The zero-order chi connectivity index (χ0) is 14.4. The molecule has 0 radical (unpaired) electrons. The third kappa shape index (κ3) is 4.09. The molecule has 104 valence electrons. The van der Waals surface area contributed by atoms with Crippen molar-refractivity contribution in [3.63, 3.8) is 0 Å². The van der Waals surface area contributed by atoms with Crippen LogP contribution in [0.25, 0.3) is 0 Å². The average Bonchev–Trinajstić information content (AvgIpc) is 2.48. The van der Waals surface area contributed by atoms with Crippen LogP contribution in [-0.2, 0) is 17.8 Å². The Bertz CT molecular complexity index is 562. The molecule has 2 aromatic rings. The van der Waals surface area contributed by atoms with Gasteiger partial charge in [0.05, 0.1) is 13.5 Å². The van der Waals surface area contributed by atoms with Crippen LogP contribution in [0.5, 0.6) is 5.88 Å². The summed E-state index contributed by atoms with van der Waals surface area (Å²) in [5.41, 5.74) is 3.16. The second-order valence-electron chi connectivity index (χ2n) is 4.65. The number of aryl methyl sites for hydroxylation is 1. The third-order valence-corrected chi connectivity index (χ3v) is 2.98. The van der Waals surface area contributed by atoms with Crippen molar-refractivity contribution >= 4 is 5.91 Å². The van der Waals surface area contributed by atoms with E-state index < -0.39 is 0 Å². The normalized spacial score (nSPS) is 10.1. The first-order valence-corrected chi connectivity index (χ1v) is 6.48. The number of aromatic nitrogens is 1. The van der Waals surface area contributed by atoms with E-state index in [2.05, 4.69) is 10.3 Å². The smallest absolute Gasteiger partial charge is 0.224 e. The van der Waals surface area contributed by atoms with E-state index >= 15 is 0 Å². The van der Waals surface area contributed by atoms with E-state index in [4.69, 9.17) is 4.74 Å².